The first-order chi connectivity index (χ1) is 15.0. The van der Waals surface area contributed by atoms with Crippen molar-refractivity contribution in [3.63, 3.8) is 0 Å². The highest BCUT2D eigenvalue weighted by Gasteiger charge is 2.31. The van der Waals surface area contributed by atoms with Crippen molar-refractivity contribution >= 4 is 45.6 Å². The van der Waals surface area contributed by atoms with Crippen LogP contribution < -0.4 is 16.3 Å². The number of halogens is 2. The van der Waals surface area contributed by atoms with Crippen LogP contribution in [0.3, 0.4) is 0 Å². The quantitative estimate of drug-likeness (QED) is 0.397. The average Bonchev–Trinajstić information content (AvgIpc) is 3.41. The normalized spacial score (nSPS) is 20.4. The third-order valence-electron chi connectivity index (χ3n) is 6.16. The Bertz CT molecular complexity index is 1210. The molecule has 2 unspecified atom stereocenters. The molecule has 0 bridgehead atoms. The molecule has 1 amide bonds. The maximum Gasteiger partial charge on any atom is 0.258 e. The van der Waals surface area contributed by atoms with Gasteiger partial charge in [-0.1, -0.05) is 59.6 Å². The minimum atomic E-state index is -0.384. The van der Waals surface area contributed by atoms with Crippen molar-refractivity contribution in [3.8, 4) is 0 Å². The highest BCUT2D eigenvalue weighted by atomic mass is 35.5. The molecule has 0 radical (unpaired) electrons. The number of rotatable bonds is 4. The third-order valence-corrected chi connectivity index (χ3v) is 6.71. The van der Waals surface area contributed by atoms with Gasteiger partial charge in [-0.3, -0.25) is 4.79 Å². The van der Waals surface area contributed by atoms with Crippen molar-refractivity contribution in [3.05, 3.63) is 80.8 Å². The highest BCUT2D eigenvalue weighted by molar-refractivity contribution is 6.37. The summed E-state index contributed by atoms with van der Waals surface area (Å²) in [6.07, 6.45) is 2.85. The predicted octanol–water partition coefficient (Wildman–Crippen LogP) is 4.69. The average molecular weight is 453 g/mol. The topological polar surface area (TPSA) is 65.5 Å². The van der Waals surface area contributed by atoms with Gasteiger partial charge in [-0.25, -0.2) is 16.3 Å². The Balaban J connectivity index is 1.30. The van der Waals surface area contributed by atoms with Gasteiger partial charge in [0.15, 0.2) is 0 Å². The molecular formula is C24H22Cl2N4O. The van der Waals surface area contributed by atoms with Gasteiger partial charge in [0.25, 0.3) is 5.91 Å². The van der Waals surface area contributed by atoms with Crippen LogP contribution in [-0.4, -0.2) is 17.7 Å². The number of amides is 1. The molecule has 3 aromatic rings. The smallest absolute Gasteiger partial charge is 0.258 e. The molecule has 1 aliphatic heterocycles. The minimum Gasteiger partial charge on any atom is -0.271 e. The van der Waals surface area contributed by atoms with Crippen molar-refractivity contribution in [2.75, 3.05) is 0 Å². The van der Waals surface area contributed by atoms with Crippen molar-refractivity contribution in [1.82, 2.24) is 16.3 Å². The van der Waals surface area contributed by atoms with E-state index in [1.807, 2.05) is 0 Å². The fourth-order valence-electron chi connectivity index (χ4n) is 4.57. The Morgan fingerprint density at radius 2 is 1.87 bits per heavy atom. The van der Waals surface area contributed by atoms with E-state index in [2.05, 4.69) is 51.7 Å². The van der Waals surface area contributed by atoms with E-state index in [1.54, 1.807) is 25.1 Å². The van der Waals surface area contributed by atoms with Gasteiger partial charge in [-0.15, -0.1) is 0 Å². The molecule has 7 heteroatoms. The summed E-state index contributed by atoms with van der Waals surface area (Å²) in [5.74, 6) is -0.189. The van der Waals surface area contributed by atoms with Crippen LogP contribution >= 0.6 is 23.2 Å². The van der Waals surface area contributed by atoms with Crippen molar-refractivity contribution in [2.24, 2.45) is 5.10 Å². The van der Waals surface area contributed by atoms with Crippen LogP contribution in [0.1, 0.15) is 41.6 Å². The summed E-state index contributed by atoms with van der Waals surface area (Å²) >= 11 is 12.2. The van der Waals surface area contributed by atoms with Crippen LogP contribution in [0.25, 0.3) is 10.8 Å². The number of benzene rings is 3. The maximum atomic E-state index is 12.7. The summed E-state index contributed by atoms with van der Waals surface area (Å²) in [6.45, 7) is 1.80. The number of carbonyl (C=O) groups excluding carboxylic acids is 1. The SMILES string of the molecule is C/C(=N\NC(=O)C1CC(c2ccc3c4c(cccc24)CC3)NN1)c1ccc(Cl)cc1Cl. The van der Waals surface area contributed by atoms with Crippen LogP contribution in [0, 0.1) is 0 Å². The van der Waals surface area contributed by atoms with E-state index in [-0.39, 0.29) is 18.0 Å². The van der Waals surface area contributed by atoms with E-state index >= 15 is 0 Å². The van der Waals surface area contributed by atoms with E-state index in [0.717, 1.165) is 18.4 Å². The molecule has 1 fully saturated rings. The zero-order valence-corrected chi connectivity index (χ0v) is 18.5. The van der Waals surface area contributed by atoms with Crippen LogP contribution in [0.2, 0.25) is 10.0 Å². The molecule has 3 aromatic carbocycles. The zero-order valence-electron chi connectivity index (χ0n) is 17.0. The fourth-order valence-corrected chi connectivity index (χ4v) is 5.11. The van der Waals surface area contributed by atoms with Gasteiger partial charge in [0.1, 0.15) is 6.04 Å². The summed E-state index contributed by atoms with van der Waals surface area (Å²) in [5.41, 5.74) is 14.5. The van der Waals surface area contributed by atoms with Gasteiger partial charge in [-0.05, 0) is 65.8 Å². The standard InChI is InChI=1S/C24H22Cl2N4O/c1-13(17-10-8-16(25)11-20(17)26)27-30-24(31)22-12-21(28-29-22)18-9-7-15-6-5-14-3-2-4-19(18)23(14)15/h2-4,7-11,21-22,28-29H,5-6,12H2,1H3,(H,30,31)/b27-13+. The first-order valence-electron chi connectivity index (χ1n) is 10.4. The van der Waals surface area contributed by atoms with Gasteiger partial charge < -0.3 is 0 Å². The molecule has 0 aromatic heterocycles. The lowest BCUT2D eigenvalue weighted by Gasteiger charge is -2.14. The minimum absolute atomic E-state index is 0.0523. The second kappa shape index (κ2) is 8.24. The molecule has 2 aliphatic rings. The first-order valence-corrected chi connectivity index (χ1v) is 11.1. The number of hydrazine groups is 1. The van der Waals surface area contributed by atoms with E-state index in [1.165, 1.54) is 27.5 Å². The van der Waals surface area contributed by atoms with E-state index in [4.69, 9.17) is 23.2 Å². The zero-order chi connectivity index (χ0) is 21.5. The van der Waals surface area contributed by atoms with E-state index in [0.29, 0.717) is 22.2 Å². The summed E-state index contributed by atoms with van der Waals surface area (Å²) in [5, 5.41) is 7.94. The van der Waals surface area contributed by atoms with Gasteiger partial charge in [0.05, 0.1) is 10.7 Å². The molecule has 1 aliphatic carbocycles. The summed E-state index contributed by atoms with van der Waals surface area (Å²) in [4.78, 5) is 12.7. The summed E-state index contributed by atoms with van der Waals surface area (Å²) in [6, 6.07) is 15.8. The van der Waals surface area contributed by atoms with E-state index < -0.39 is 0 Å². The Kier molecular flexibility index (Phi) is 5.44. The number of hydrogen-bond donors (Lipinski definition) is 3. The fraction of sp³-hybridized carbons (Fsp3) is 0.250. The van der Waals surface area contributed by atoms with Gasteiger partial charge in [0, 0.05) is 16.6 Å². The Hall–Kier alpha value is -2.44. The number of hydrazone groups is 1. The van der Waals surface area contributed by atoms with Crippen LogP contribution in [0.5, 0.6) is 0 Å². The third kappa shape index (κ3) is 3.83. The maximum absolute atomic E-state index is 12.7. The van der Waals surface area contributed by atoms with Crippen LogP contribution in [0.4, 0.5) is 0 Å². The second-order valence-corrected chi connectivity index (χ2v) is 8.92. The largest absolute Gasteiger partial charge is 0.271 e. The number of nitrogens with one attached hydrogen (secondary N) is 3. The lowest BCUT2D eigenvalue weighted by molar-refractivity contribution is -0.122. The molecule has 5 nitrogen and oxygen atoms in total. The Morgan fingerprint density at radius 3 is 2.68 bits per heavy atom. The molecule has 0 saturated carbocycles. The molecule has 1 heterocycles. The van der Waals surface area contributed by atoms with Gasteiger partial charge >= 0.3 is 0 Å². The van der Waals surface area contributed by atoms with Gasteiger partial charge in [0.2, 0.25) is 0 Å². The van der Waals surface area contributed by atoms with Crippen molar-refractivity contribution < 1.29 is 4.79 Å². The number of carbonyl (C=O) groups is 1. The molecule has 1 saturated heterocycles. The summed E-state index contributed by atoms with van der Waals surface area (Å²) in [7, 11) is 0. The summed E-state index contributed by atoms with van der Waals surface area (Å²) < 4.78 is 0. The second-order valence-electron chi connectivity index (χ2n) is 8.08. The molecule has 3 N–H and O–H groups in total. The number of nitrogens with zero attached hydrogens (tertiary/aromatic N) is 1. The molecule has 31 heavy (non-hydrogen) atoms. The first kappa shape index (κ1) is 20.5. The Labute approximate surface area is 190 Å². The molecule has 158 valence electrons. The molecule has 0 spiro atoms. The van der Waals surface area contributed by atoms with Crippen molar-refractivity contribution in [2.45, 2.75) is 38.3 Å². The predicted molar refractivity (Wildman–Crippen MR) is 126 cm³/mol. The van der Waals surface area contributed by atoms with Crippen LogP contribution in [-0.2, 0) is 17.6 Å². The number of hydrogen-bond acceptors (Lipinski definition) is 4. The number of aryl methyl sites for hydroxylation is 2. The molecule has 5 rings (SSSR count). The van der Waals surface area contributed by atoms with E-state index in [9.17, 15) is 4.79 Å². The lowest BCUT2D eigenvalue weighted by Crippen LogP contribution is -2.41. The highest BCUT2D eigenvalue weighted by Crippen LogP contribution is 2.36. The van der Waals surface area contributed by atoms with Crippen molar-refractivity contribution in [1.29, 1.82) is 0 Å². The molecule has 2 atom stereocenters. The molecular weight excluding hydrogens is 431 g/mol. The van der Waals surface area contributed by atoms with Crippen LogP contribution in [0.15, 0.2) is 53.6 Å². The Morgan fingerprint density at radius 1 is 1.06 bits per heavy atom. The lowest BCUT2D eigenvalue weighted by atomic mass is 9.93. The monoisotopic (exact) mass is 452 g/mol. The van der Waals surface area contributed by atoms with Gasteiger partial charge in [-0.2, -0.15) is 5.10 Å².